The standard InChI is InChI=1S/C25H27N5O4/c1-28(2)24(33)18-12-29(13-18)11-15-7-8-26-20(9-15)16-3-4-19-17(10-16)14-30(25(19)34)21-5-6-22(31)27-23(21)32/h3-4,7-10,18,21H,5-6,11-14H2,1-2H3,(H,27,31,32). The molecule has 34 heavy (non-hydrogen) atoms. The number of fused-ring (bicyclic) bond motifs is 1. The molecule has 3 aliphatic rings. The molecule has 0 radical (unpaired) electrons. The predicted molar refractivity (Wildman–Crippen MR) is 123 cm³/mol. The van der Waals surface area contributed by atoms with Gasteiger partial charge in [-0.25, -0.2) is 0 Å². The molecule has 9 nitrogen and oxygen atoms in total. The van der Waals surface area contributed by atoms with Gasteiger partial charge in [-0.2, -0.15) is 0 Å². The summed E-state index contributed by atoms with van der Waals surface area (Å²) in [7, 11) is 3.57. The first kappa shape index (κ1) is 22.2. The number of pyridine rings is 1. The summed E-state index contributed by atoms with van der Waals surface area (Å²) in [6.45, 7) is 2.60. The Labute approximate surface area is 197 Å². The van der Waals surface area contributed by atoms with Gasteiger partial charge in [0.1, 0.15) is 6.04 Å². The fraction of sp³-hybridized carbons (Fsp3) is 0.400. The Kier molecular flexibility index (Phi) is 5.65. The van der Waals surface area contributed by atoms with Crippen LogP contribution in [0.5, 0.6) is 0 Å². The monoisotopic (exact) mass is 461 g/mol. The molecule has 0 aliphatic carbocycles. The van der Waals surface area contributed by atoms with Gasteiger partial charge in [0, 0.05) is 64.0 Å². The second-order valence-corrected chi connectivity index (χ2v) is 9.44. The molecule has 1 aromatic heterocycles. The minimum absolute atomic E-state index is 0.0675. The molecule has 9 heteroatoms. The van der Waals surface area contributed by atoms with Gasteiger partial charge in [0.15, 0.2) is 0 Å². The third-order valence-corrected chi connectivity index (χ3v) is 6.80. The third-order valence-electron chi connectivity index (χ3n) is 6.80. The van der Waals surface area contributed by atoms with Crippen LogP contribution in [0, 0.1) is 5.92 Å². The van der Waals surface area contributed by atoms with Gasteiger partial charge < -0.3 is 9.80 Å². The Morgan fingerprint density at radius 1 is 1.15 bits per heavy atom. The number of hydrogen-bond donors (Lipinski definition) is 1. The molecule has 2 fully saturated rings. The summed E-state index contributed by atoms with van der Waals surface area (Å²) < 4.78 is 0. The van der Waals surface area contributed by atoms with Crippen molar-refractivity contribution in [1.29, 1.82) is 0 Å². The maximum Gasteiger partial charge on any atom is 0.255 e. The zero-order valence-corrected chi connectivity index (χ0v) is 19.3. The molecule has 2 aromatic rings. The summed E-state index contributed by atoms with van der Waals surface area (Å²) in [6.07, 6.45) is 2.36. The Morgan fingerprint density at radius 2 is 1.94 bits per heavy atom. The van der Waals surface area contributed by atoms with E-state index >= 15 is 0 Å². The highest BCUT2D eigenvalue weighted by Crippen LogP contribution is 2.31. The lowest BCUT2D eigenvalue weighted by Gasteiger charge is -2.39. The number of hydrogen-bond acceptors (Lipinski definition) is 6. The molecule has 1 N–H and O–H groups in total. The zero-order chi connectivity index (χ0) is 24.0. The minimum atomic E-state index is -0.623. The number of amides is 4. The van der Waals surface area contributed by atoms with Crippen molar-refractivity contribution in [2.24, 2.45) is 5.92 Å². The van der Waals surface area contributed by atoms with Gasteiger partial charge in [-0.05, 0) is 41.8 Å². The molecule has 4 amide bonds. The number of piperidine rings is 1. The van der Waals surface area contributed by atoms with E-state index in [1.54, 1.807) is 36.2 Å². The quantitative estimate of drug-likeness (QED) is 0.668. The number of imide groups is 1. The van der Waals surface area contributed by atoms with Gasteiger partial charge in [-0.15, -0.1) is 0 Å². The van der Waals surface area contributed by atoms with Crippen molar-refractivity contribution in [2.75, 3.05) is 27.2 Å². The Morgan fingerprint density at radius 3 is 2.68 bits per heavy atom. The molecular weight excluding hydrogens is 434 g/mol. The van der Waals surface area contributed by atoms with Crippen LogP contribution < -0.4 is 5.32 Å². The fourth-order valence-electron chi connectivity index (χ4n) is 4.94. The molecule has 3 aliphatic heterocycles. The normalized spacial score (nSPS) is 20.7. The van der Waals surface area contributed by atoms with E-state index in [2.05, 4.69) is 15.2 Å². The van der Waals surface area contributed by atoms with E-state index in [0.29, 0.717) is 18.5 Å². The lowest BCUT2D eigenvalue weighted by Crippen LogP contribution is -2.52. The smallest absolute Gasteiger partial charge is 0.255 e. The van der Waals surface area contributed by atoms with E-state index in [1.807, 2.05) is 24.3 Å². The van der Waals surface area contributed by atoms with Crippen molar-refractivity contribution >= 4 is 23.6 Å². The SMILES string of the molecule is CN(C)C(=O)C1CN(Cc2ccnc(-c3ccc4c(c3)CN(C3CCC(=O)NC3=O)C4=O)c2)C1. The number of carbonyl (C=O) groups is 4. The fourth-order valence-corrected chi connectivity index (χ4v) is 4.94. The molecule has 2 saturated heterocycles. The van der Waals surface area contributed by atoms with E-state index in [0.717, 1.165) is 42.0 Å². The molecule has 1 atom stereocenters. The maximum atomic E-state index is 12.9. The maximum absolute atomic E-state index is 12.9. The Balaban J connectivity index is 1.28. The van der Waals surface area contributed by atoms with E-state index in [9.17, 15) is 19.2 Å². The van der Waals surface area contributed by atoms with Crippen LogP contribution in [0.25, 0.3) is 11.3 Å². The van der Waals surface area contributed by atoms with Crippen LogP contribution >= 0.6 is 0 Å². The first-order chi connectivity index (χ1) is 16.3. The second kappa shape index (κ2) is 8.64. The van der Waals surface area contributed by atoms with Gasteiger partial charge >= 0.3 is 0 Å². The first-order valence-corrected chi connectivity index (χ1v) is 11.5. The van der Waals surface area contributed by atoms with Crippen LogP contribution in [0.15, 0.2) is 36.5 Å². The van der Waals surface area contributed by atoms with Crippen molar-refractivity contribution in [3.05, 3.63) is 53.2 Å². The Bertz CT molecular complexity index is 1190. The average Bonchev–Trinajstić information content (AvgIpc) is 3.11. The van der Waals surface area contributed by atoms with Crippen LogP contribution in [0.4, 0.5) is 0 Å². The zero-order valence-electron chi connectivity index (χ0n) is 19.3. The number of nitrogens with zero attached hydrogens (tertiary/aromatic N) is 4. The summed E-state index contributed by atoms with van der Waals surface area (Å²) >= 11 is 0. The number of likely N-dealkylation sites (tertiary alicyclic amines) is 1. The van der Waals surface area contributed by atoms with Crippen LogP contribution in [0.1, 0.15) is 34.3 Å². The number of benzene rings is 1. The van der Waals surface area contributed by atoms with Crippen LogP contribution in [0.3, 0.4) is 0 Å². The van der Waals surface area contributed by atoms with Crippen LogP contribution in [-0.4, -0.2) is 76.5 Å². The van der Waals surface area contributed by atoms with Gasteiger partial charge in [-0.1, -0.05) is 6.07 Å². The van der Waals surface area contributed by atoms with Gasteiger partial charge in [0.2, 0.25) is 17.7 Å². The molecule has 5 rings (SSSR count). The topological polar surface area (TPSA) is 103 Å². The van der Waals surface area contributed by atoms with E-state index < -0.39 is 11.9 Å². The van der Waals surface area contributed by atoms with Crippen molar-refractivity contribution < 1.29 is 19.2 Å². The van der Waals surface area contributed by atoms with Gasteiger partial charge in [0.25, 0.3) is 5.91 Å². The van der Waals surface area contributed by atoms with Crippen molar-refractivity contribution in [1.82, 2.24) is 25.0 Å². The molecule has 176 valence electrons. The lowest BCUT2D eigenvalue weighted by molar-refractivity contribution is -0.139. The first-order valence-electron chi connectivity index (χ1n) is 11.5. The number of rotatable bonds is 5. The van der Waals surface area contributed by atoms with Crippen molar-refractivity contribution in [2.45, 2.75) is 32.0 Å². The average molecular weight is 462 g/mol. The van der Waals surface area contributed by atoms with Crippen LogP contribution in [-0.2, 0) is 27.5 Å². The molecule has 4 heterocycles. The number of carbonyl (C=O) groups excluding carboxylic acids is 4. The van der Waals surface area contributed by atoms with E-state index in [1.165, 1.54) is 0 Å². The minimum Gasteiger partial charge on any atom is -0.348 e. The molecule has 0 bridgehead atoms. The summed E-state index contributed by atoms with van der Waals surface area (Å²) in [4.78, 5) is 58.7. The highest BCUT2D eigenvalue weighted by molar-refractivity contribution is 6.05. The Hall–Kier alpha value is -3.59. The second-order valence-electron chi connectivity index (χ2n) is 9.44. The van der Waals surface area contributed by atoms with Gasteiger partial charge in [0.05, 0.1) is 11.6 Å². The lowest BCUT2D eigenvalue weighted by atomic mass is 9.97. The van der Waals surface area contributed by atoms with Gasteiger partial charge in [-0.3, -0.25) is 34.4 Å². The largest absolute Gasteiger partial charge is 0.348 e. The van der Waals surface area contributed by atoms with Crippen molar-refractivity contribution in [3.8, 4) is 11.3 Å². The summed E-state index contributed by atoms with van der Waals surface area (Å²) in [5.74, 6) is -0.648. The highest BCUT2D eigenvalue weighted by atomic mass is 16.2. The van der Waals surface area contributed by atoms with E-state index in [4.69, 9.17) is 0 Å². The molecule has 1 aromatic carbocycles. The summed E-state index contributed by atoms with van der Waals surface area (Å²) in [5.41, 5.74) is 4.27. The molecule has 0 spiro atoms. The summed E-state index contributed by atoms with van der Waals surface area (Å²) in [6, 6.07) is 9.03. The highest BCUT2D eigenvalue weighted by Gasteiger charge is 2.39. The van der Waals surface area contributed by atoms with E-state index in [-0.39, 0.29) is 30.1 Å². The molecule has 1 unspecified atom stereocenters. The van der Waals surface area contributed by atoms with Crippen LogP contribution in [0.2, 0.25) is 0 Å². The number of aromatic nitrogens is 1. The predicted octanol–water partition coefficient (Wildman–Crippen LogP) is 1.03. The third kappa shape index (κ3) is 4.07. The van der Waals surface area contributed by atoms with Crippen molar-refractivity contribution in [3.63, 3.8) is 0 Å². The summed E-state index contributed by atoms with van der Waals surface area (Å²) in [5, 5.41) is 2.33. The number of nitrogens with one attached hydrogen (secondary N) is 1. The molecule has 0 saturated carbocycles. The molecular formula is C25H27N5O4.